The zero-order valence-electron chi connectivity index (χ0n) is 13.2. The topological polar surface area (TPSA) is 50.4 Å². The highest BCUT2D eigenvalue weighted by Crippen LogP contribution is 2.30. The Bertz CT molecular complexity index is 733. The van der Waals surface area contributed by atoms with Gasteiger partial charge in [0.25, 0.3) is 0 Å². The van der Waals surface area contributed by atoms with Crippen molar-refractivity contribution in [3.63, 3.8) is 0 Å². The lowest BCUT2D eigenvalue weighted by Gasteiger charge is -2.14. The van der Waals surface area contributed by atoms with Gasteiger partial charge in [-0.3, -0.25) is 4.79 Å². The molecule has 0 spiro atoms. The Hall–Kier alpha value is -1.91. The van der Waals surface area contributed by atoms with E-state index in [4.69, 9.17) is 27.9 Å². The van der Waals surface area contributed by atoms with Gasteiger partial charge in [-0.1, -0.05) is 23.2 Å². The predicted molar refractivity (Wildman–Crippen MR) is 96.0 cm³/mol. The van der Waals surface area contributed by atoms with Gasteiger partial charge in [0.2, 0.25) is 5.91 Å². The van der Waals surface area contributed by atoms with E-state index in [-0.39, 0.29) is 12.5 Å². The van der Waals surface area contributed by atoms with Crippen LogP contribution >= 0.6 is 23.2 Å². The van der Waals surface area contributed by atoms with Crippen LogP contribution in [0, 0.1) is 13.8 Å². The summed E-state index contributed by atoms with van der Waals surface area (Å²) in [7, 11) is 1.56. The second-order valence-corrected chi connectivity index (χ2v) is 6.01. The molecule has 0 unspecified atom stereocenters. The van der Waals surface area contributed by atoms with Crippen LogP contribution in [0.2, 0.25) is 10.0 Å². The van der Waals surface area contributed by atoms with Gasteiger partial charge >= 0.3 is 0 Å². The lowest BCUT2D eigenvalue weighted by Crippen LogP contribution is -2.22. The highest BCUT2D eigenvalue weighted by atomic mass is 35.5. The van der Waals surface area contributed by atoms with Gasteiger partial charge in [-0.15, -0.1) is 0 Å². The number of methoxy groups -OCH3 is 1. The van der Waals surface area contributed by atoms with Crippen molar-refractivity contribution >= 4 is 40.5 Å². The Balaban J connectivity index is 2.03. The summed E-state index contributed by atoms with van der Waals surface area (Å²) in [5, 5.41) is 7.16. The summed E-state index contributed by atoms with van der Waals surface area (Å²) in [5.41, 5.74) is 3.27. The van der Waals surface area contributed by atoms with E-state index in [1.54, 1.807) is 31.4 Å². The molecule has 0 atom stereocenters. The van der Waals surface area contributed by atoms with E-state index < -0.39 is 0 Å². The Morgan fingerprint density at radius 2 is 1.83 bits per heavy atom. The second kappa shape index (κ2) is 7.57. The third-order valence-corrected chi connectivity index (χ3v) is 4.02. The number of rotatable bonds is 5. The van der Waals surface area contributed by atoms with Crippen LogP contribution in [-0.2, 0) is 4.79 Å². The molecule has 0 aliphatic heterocycles. The second-order valence-electron chi connectivity index (χ2n) is 5.16. The molecule has 2 aromatic rings. The molecular weight excluding hydrogens is 335 g/mol. The molecule has 0 saturated carbocycles. The monoisotopic (exact) mass is 352 g/mol. The van der Waals surface area contributed by atoms with Crippen molar-refractivity contribution in [3.8, 4) is 5.75 Å². The van der Waals surface area contributed by atoms with Crippen molar-refractivity contribution in [2.24, 2.45) is 0 Å². The van der Waals surface area contributed by atoms with Gasteiger partial charge in [-0.05, 0) is 49.2 Å². The maximum absolute atomic E-state index is 12.1. The first-order chi connectivity index (χ1) is 10.9. The van der Waals surface area contributed by atoms with E-state index in [0.29, 0.717) is 15.8 Å². The molecule has 4 nitrogen and oxygen atoms in total. The van der Waals surface area contributed by atoms with Crippen molar-refractivity contribution in [3.05, 3.63) is 51.5 Å². The molecule has 0 aliphatic rings. The molecule has 2 aromatic carbocycles. The minimum Gasteiger partial charge on any atom is -0.495 e. The number of nitrogens with one attached hydrogen (secondary N) is 2. The molecule has 2 rings (SSSR count). The predicted octanol–water partition coefficient (Wildman–Crippen LogP) is 4.67. The summed E-state index contributed by atoms with van der Waals surface area (Å²) in [4.78, 5) is 12.1. The van der Waals surface area contributed by atoms with Crippen LogP contribution < -0.4 is 15.4 Å². The number of ether oxygens (including phenoxy) is 1. The third-order valence-electron chi connectivity index (χ3n) is 3.38. The average molecular weight is 353 g/mol. The van der Waals surface area contributed by atoms with Gasteiger partial charge in [0.15, 0.2) is 0 Å². The largest absolute Gasteiger partial charge is 0.495 e. The van der Waals surface area contributed by atoms with E-state index in [1.807, 2.05) is 19.9 Å². The number of carbonyl (C=O) groups excluding carboxylic acids is 1. The Labute approximate surface area is 145 Å². The van der Waals surface area contributed by atoms with Gasteiger partial charge in [-0.2, -0.15) is 0 Å². The molecule has 0 aromatic heterocycles. The number of halogens is 2. The van der Waals surface area contributed by atoms with Gasteiger partial charge in [0.05, 0.1) is 19.3 Å². The van der Waals surface area contributed by atoms with Crippen LogP contribution in [0.1, 0.15) is 11.1 Å². The van der Waals surface area contributed by atoms with Crippen molar-refractivity contribution < 1.29 is 9.53 Å². The fourth-order valence-electron chi connectivity index (χ4n) is 2.11. The first-order valence-corrected chi connectivity index (χ1v) is 7.80. The smallest absolute Gasteiger partial charge is 0.243 e. The third kappa shape index (κ3) is 4.53. The first-order valence-electron chi connectivity index (χ1n) is 7.04. The average Bonchev–Trinajstić information content (AvgIpc) is 2.50. The molecule has 0 radical (unpaired) electrons. The zero-order valence-corrected chi connectivity index (χ0v) is 14.7. The summed E-state index contributed by atoms with van der Waals surface area (Å²) in [6.45, 7) is 3.89. The molecule has 0 bridgehead atoms. The Morgan fingerprint density at radius 1 is 1.09 bits per heavy atom. The summed E-state index contributed by atoms with van der Waals surface area (Å²) < 4.78 is 5.27. The summed E-state index contributed by atoms with van der Waals surface area (Å²) in [6.07, 6.45) is 0. The molecule has 23 heavy (non-hydrogen) atoms. The first kappa shape index (κ1) is 17.4. The number of aryl methyl sites for hydroxylation is 2. The van der Waals surface area contributed by atoms with Gasteiger partial charge in [0.1, 0.15) is 5.75 Å². The molecule has 2 N–H and O–H groups in total. The van der Waals surface area contributed by atoms with E-state index in [9.17, 15) is 4.79 Å². The molecule has 1 amide bonds. The van der Waals surface area contributed by atoms with Crippen LogP contribution in [0.5, 0.6) is 5.75 Å². The minimum absolute atomic E-state index is 0.111. The number of anilines is 2. The lowest BCUT2D eigenvalue weighted by molar-refractivity contribution is -0.114. The highest BCUT2D eigenvalue weighted by molar-refractivity contribution is 6.31. The maximum Gasteiger partial charge on any atom is 0.243 e. The van der Waals surface area contributed by atoms with Crippen LogP contribution in [0.4, 0.5) is 11.4 Å². The van der Waals surface area contributed by atoms with E-state index in [0.717, 1.165) is 22.5 Å². The van der Waals surface area contributed by atoms with Crippen molar-refractivity contribution in [1.29, 1.82) is 0 Å². The molecule has 122 valence electrons. The molecule has 0 aliphatic carbocycles. The van der Waals surface area contributed by atoms with Crippen LogP contribution in [0.3, 0.4) is 0 Å². The molecular formula is C17H18Cl2N2O2. The van der Waals surface area contributed by atoms with E-state index in [2.05, 4.69) is 10.6 Å². The van der Waals surface area contributed by atoms with Gasteiger partial charge in [-0.25, -0.2) is 0 Å². The molecule has 0 heterocycles. The number of carbonyl (C=O) groups is 1. The number of benzene rings is 2. The maximum atomic E-state index is 12.1. The lowest BCUT2D eigenvalue weighted by atomic mass is 10.2. The molecule has 6 heteroatoms. The minimum atomic E-state index is -0.162. The number of amides is 1. The van der Waals surface area contributed by atoms with Gasteiger partial charge in [0, 0.05) is 21.8 Å². The standard InChI is InChI=1S/C17H18Cl2N2O2/c1-10-7-15(16(23-3)8-13(10)19)20-9-17(22)21-14-5-4-12(18)6-11(14)2/h4-8,20H,9H2,1-3H3,(H,21,22). The van der Waals surface area contributed by atoms with Crippen molar-refractivity contribution in [1.82, 2.24) is 0 Å². The van der Waals surface area contributed by atoms with Gasteiger partial charge < -0.3 is 15.4 Å². The summed E-state index contributed by atoms with van der Waals surface area (Å²) in [5.74, 6) is 0.432. The fourth-order valence-corrected chi connectivity index (χ4v) is 2.49. The van der Waals surface area contributed by atoms with Crippen LogP contribution in [0.25, 0.3) is 0 Å². The quantitative estimate of drug-likeness (QED) is 0.821. The summed E-state index contributed by atoms with van der Waals surface area (Å²) >= 11 is 12.0. The highest BCUT2D eigenvalue weighted by Gasteiger charge is 2.09. The summed E-state index contributed by atoms with van der Waals surface area (Å²) in [6, 6.07) is 8.89. The van der Waals surface area contributed by atoms with Crippen LogP contribution in [-0.4, -0.2) is 19.6 Å². The zero-order chi connectivity index (χ0) is 17.0. The Morgan fingerprint density at radius 3 is 2.48 bits per heavy atom. The SMILES string of the molecule is COc1cc(Cl)c(C)cc1NCC(=O)Nc1ccc(Cl)cc1C. The van der Waals surface area contributed by atoms with E-state index in [1.165, 1.54) is 0 Å². The number of hydrogen-bond donors (Lipinski definition) is 2. The molecule has 0 fully saturated rings. The van der Waals surface area contributed by atoms with Crippen molar-refractivity contribution in [2.45, 2.75) is 13.8 Å². The fraction of sp³-hybridized carbons (Fsp3) is 0.235. The van der Waals surface area contributed by atoms with Crippen LogP contribution in [0.15, 0.2) is 30.3 Å². The molecule has 0 saturated heterocycles. The Kier molecular flexibility index (Phi) is 5.74. The number of hydrogen-bond acceptors (Lipinski definition) is 3. The van der Waals surface area contributed by atoms with E-state index >= 15 is 0 Å². The van der Waals surface area contributed by atoms with Crippen molar-refractivity contribution in [2.75, 3.05) is 24.3 Å². The normalized spacial score (nSPS) is 10.3.